The van der Waals surface area contributed by atoms with Crippen LogP contribution < -0.4 is 4.74 Å². The van der Waals surface area contributed by atoms with Gasteiger partial charge in [0.25, 0.3) is 0 Å². The fourth-order valence-corrected chi connectivity index (χ4v) is 5.36. The number of benzene rings is 3. The van der Waals surface area contributed by atoms with Crippen molar-refractivity contribution in [1.82, 2.24) is 9.80 Å². The van der Waals surface area contributed by atoms with Crippen molar-refractivity contribution in [3.05, 3.63) is 95.6 Å². The number of hydrogen-bond donors (Lipinski definition) is 0. The van der Waals surface area contributed by atoms with Gasteiger partial charge in [0.1, 0.15) is 11.5 Å². The van der Waals surface area contributed by atoms with Crippen LogP contribution in [0.2, 0.25) is 0 Å². The molecule has 0 aromatic heterocycles. The van der Waals surface area contributed by atoms with Gasteiger partial charge in [0, 0.05) is 19.6 Å². The highest BCUT2D eigenvalue weighted by Crippen LogP contribution is 2.42. The van der Waals surface area contributed by atoms with Crippen molar-refractivity contribution >= 4 is 0 Å². The van der Waals surface area contributed by atoms with E-state index in [2.05, 4.69) is 65.4 Å². The third-order valence-electron chi connectivity index (χ3n) is 7.22. The van der Waals surface area contributed by atoms with Crippen molar-refractivity contribution in [1.29, 1.82) is 0 Å². The normalized spacial score (nSPS) is 20.7. The molecule has 3 aromatic carbocycles. The molecule has 1 saturated carbocycles. The van der Waals surface area contributed by atoms with Gasteiger partial charge in [0.05, 0.1) is 0 Å². The molecule has 3 aromatic rings. The molecule has 3 nitrogen and oxygen atoms in total. The van der Waals surface area contributed by atoms with Crippen molar-refractivity contribution in [2.24, 2.45) is 5.92 Å². The largest absolute Gasteiger partial charge is 0.457 e. The average Bonchev–Trinajstić information content (AvgIpc) is 3.32. The highest BCUT2D eigenvalue weighted by atomic mass is 16.5. The second-order valence-corrected chi connectivity index (χ2v) is 10.0. The van der Waals surface area contributed by atoms with Gasteiger partial charge < -0.3 is 9.64 Å². The lowest BCUT2D eigenvalue weighted by Gasteiger charge is -2.38. The van der Waals surface area contributed by atoms with Crippen LogP contribution in [0.4, 0.5) is 0 Å². The Kier molecular flexibility index (Phi) is 7.09. The Labute approximate surface area is 199 Å². The first-order valence-corrected chi connectivity index (χ1v) is 12.5. The molecule has 5 rings (SSSR count). The summed E-state index contributed by atoms with van der Waals surface area (Å²) in [6.07, 6.45) is 5.37. The molecule has 0 radical (unpaired) electrons. The van der Waals surface area contributed by atoms with E-state index in [-0.39, 0.29) is 0 Å². The summed E-state index contributed by atoms with van der Waals surface area (Å²) < 4.78 is 5.91. The van der Waals surface area contributed by atoms with Crippen molar-refractivity contribution in [3.63, 3.8) is 0 Å². The number of ether oxygens (including phenoxy) is 1. The van der Waals surface area contributed by atoms with Crippen LogP contribution in [0.5, 0.6) is 11.5 Å². The summed E-state index contributed by atoms with van der Waals surface area (Å²) in [7, 11) is 2.24. The average molecular weight is 441 g/mol. The van der Waals surface area contributed by atoms with Gasteiger partial charge in [-0.2, -0.15) is 0 Å². The molecule has 0 unspecified atom stereocenters. The molecule has 172 valence electrons. The van der Waals surface area contributed by atoms with E-state index >= 15 is 0 Å². The zero-order valence-electron chi connectivity index (χ0n) is 19.8. The van der Waals surface area contributed by atoms with Gasteiger partial charge in [0.2, 0.25) is 0 Å². The van der Waals surface area contributed by atoms with Crippen LogP contribution in [0.25, 0.3) is 0 Å². The van der Waals surface area contributed by atoms with Gasteiger partial charge in [0.15, 0.2) is 0 Å². The van der Waals surface area contributed by atoms with Gasteiger partial charge in [-0.05, 0) is 98.6 Å². The maximum Gasteiger partial charge on any atom is 0.127 e. The van der Waals surface area contributed by atoms with Crippen LogP contribution in [0.15, 0.2) is 78.9 Å². The second-order valence-electron chi connectivity index (χ2n) is 10.0. The first-order valence-electron chi connectivity index (χ1n) is 12.5. The second kappa shape index (κ2) is 10.5. The van der Waals surface area contributed by atoms with Crippen molar-refractivity contribution < 1.29 is 4.74 Å². The standard InChI is InChI=1S/C30H36N2O/c1-31(21-24-11-15-30(16-12-24)33-29-7-3-2-4-8-29)22-26-19-28(20-26)27-13-9-25(10-14-27)23-32-17-5-6-18-32/h2-4,7-16,26,28H,5-6,17-23H2,1H3/t26-,28-. The van der Waals surface area contributed by atoms with Crippen LogP contribution in [0.1, 0.15) is 48.3 Å². The predicted octanol–water partition coefficient (Wildman–Crippen LogP) is 6.70. The zero-order valence-corrected chi connectivity index (χ0v) is 19.8. The smallest absolute Gasteiger partial charge is 0.127 e. The Bertz CT molecular complexity index is 988. The van der Waals surface area contributed by atoms with Crippen LogP contribution >= 0.6 is 0 Å². The molecule has 3 heteroatoms. The van der Waals surface area contributed by atoms with Gasteiger partial charge in [-0.1, -0.05) is 54.6 Å². The summed E-state index contributed by atoms with van der Waals surface area (Å²) in [6.45, 7) is 5.82. The Morgan fingerprint density at radius 3 is 2.12 bits per heavy atom. The molecule has 1 saturated heterocycles. The summed E-state index contributed by atoms with van der Waals surface area (Å²) in [5.41, 5.74) is 4.34. The zero-order chi connectivity index (χ0) is 22.5. The monoisotopic (exact) mass is 440 g/mol. The Hall–Kier alpha value is -2.62. The van der Waals surface area contributed by atoms with Crippen molar-refractivity contribution in [2.45, 2.75) is 44.7 Å². The quantitative estimate of drug-likeness (QED) is 0.368. The molecule has 0 N–H and O–H groups in total. The van der Waals surface area contributed by atoms with Crippen LogP contribution in [0.3, 0.4) is 0 Å². The van der Waals surface area contributed by atoms with E-state index in [1.165, 1.54) is 62.0 Å². The van der Waals surface area contributed by atoms with Gasteiger partial charge in [-0.3, -0.25) is 4.90 Å². The number of para-hydroxylation sites is 1. The summed E-state index contributed by atoms with van der Waals surface area (Å²) in [6, 6.07) is 28.0. The van der Waals surface area contributed by atoms with Gasteiger partial charge >= 0.3 is 0 Å². The highest BCUT2D eigenvalue weighted by molar-refractivity contribution is 5.33. The van der Waals surface area contributed by atoms with E-state index in [1.54, 1.807) is 0 Å². The number of hydrogen-bond acceptors (Lipinski definition) is 3. The fourth-order valence-electron chi connectivity index (χ4n) is 5.36. The van der Waals surface area contributed by atoms with Crippen LogP contribution in [0, 0.1) is 5.92 Å². The lowest BCUT2D eigenvalue weighted by Crippen LogP contribution is -2.33. The van der Waals surface area contributed by atoms with E-state index in [0.29, 0.717) is 0 Å². The molecular formula is C30H36N2O. The minimum Gasteiger partial charge on any atom is -0.457 e. The predicted molar refractivity (Wildman–Crippen MR) is 136 cm³/mol. The Morgan fingerprint density at radius 1 is 0.788 bits per heavy atom. The molecule has 1 heterocycles. The maximum absolute atomic E-state index is 5.91. The van der Waals surface area contributed by atoms with Crippen LogP contribution in [-0.4, -0.2) is 36.5 Å². The summed E-state index contributed by atoms with van der Waals surface area (Å²) in [5, 5.41) is 0. The lowest BCUT2D eigenvalue weighted by atomic mass is 9.71. The van der Waals surface area contributed by atoms with Crippen molar-refractivity contribution in [2.75, 3.05) is 26.7 Å². The van der Waals surface area contributed by atoms with E-state index in [1.807, 2.05) is 30.3 Å². The van der Waals surface area contributed by atoms with Gasteiger partial charge in [-0.25, -0.2) is 0 Å². The molecule has 1 aliphatic carbocycles. The van der Waals surface area contributed by atoms with Crippen molar-refractivity contribution in [3.8, 4) is 11.5 Å². The lowest BCUT2D eigenvalue weighted by molar-refractivity contribution is 0.176. The third-order valence-corrected chi connectivity index (χ3v) is 7.22. The van der Waals surface area contributed by atoms with E-state index in [0.717, 1.165) is 36.4 Å². The minimum atomic E-state index is 0.749. The Balaban J connectivity index is 1.04. The maximum atomic E-state index is 5.91. The summed E-state index contributed by atoms with van der Waals surface area (Å²) in [4.78, 5) is 5.04. The first-order chi connectivity index (χ1) is 16.2. The Morgan fingerprint density at radius 2 is 1.42 bits per heavy atom. The molecule has 2 aliphatic rings. The topological polar surface area (TPSA) is 15.7 Å². The molecule has 1 aliphatic heterocycles. The molecule has 0 spiro atoms. The highest BCUT2D eigenvalue weighted by Gasteiger charge is 2.30. The molecule has 2 fully saturated rings. The molecule has 33 heavy (non-hydrogen) atoms. The molecular weight excluding hydrogens is 404 g/mol. The third kappa shape index (κ3) is 6.04. The summed E-state index contributed by atoms with van der Waals surface area (Å²) in [5.74, 6) is 3.33. The van der Waals surface area contributed by atoms with E-state index in [4.69, 9.17) is 4.74 Å². The van der Waals surface area contributed by atoms with Gasteiger partial charge in [-0.15, -0.1) is 0 Å². The fraction of sp³-hybridized carbons (Fsp3) is 0.400. The van der Waals surface area contributed by atoms with E-state index < -0.39 is 0 Å². The number of nitrogens with zero attached hydrogens (tertiary/aromatic N) is 2. The number of rotatable bonds is 9. The minimum absolute atomic E-state index is 0.749. The molecule has 0 atom stereocenters. The van der Waals surface area contributed by atoms with Crippen LogP contribution in [-0.2, 0) is 13.1 Å². The first kappa shape index (κ1) is 22.2. The molecule has 0 bridgehead atoms. The SMILES string of the molecule is CN(Cc1ccc(Oc2ccccc2)cc1)C[C@H]1C[C@H](c2ccc(CN3CCCC3)cc2)C1. The van der Waals surface area contributed by atoms with E-state index in [9.17, 15) is 0 Å². The number of likely N-dealkylation sites (tertiary alicyclic amines) is 1. The summed E-state index contributed by atoms with van der Waals surface area (Å²) >= 11 is 0. The molecule has 0 amide bonds.